The maximum atomic E-state index is 11.3. The second kappa shape index (κ2) is 8.39. The van der Waals surface area contributed by atoms with Crippen LogP contribution < -0.4 is 39.4 Å². The molecular formula is C12H15NaO4. The molecule has 1 aromatic rings. The predicted molar refractivity (Wildman–Crippen MR) is 57.4 cm³/mol. The van der Waals surface area contributed by atoms with Gasteiger partial charge in [-0.1, -0.05) is 24.8 Å². The minimum absolute atomic E-state index is 0. The summed E-state index contributed by atoms with van der Waals surface area (Å²) in [5.74, 6) is -0.225. The number of rotatable bonds is 5. The summed E-state index contributed by atoms with van der Waals surface area (Å²) in [6.07, 6.45) is 0.963. The number of ether oxygens (including phenoxy) is 2. The molecule has 0 heterocycles. The molecule has 0 spiro atoms. The molecular weight excluding hydrogens is 231 g/mol. The molecule has 0 aromatic heterocycles. The molecule has 0 radical (unpaired) electrons. The molecule has 1 aromatic carbocycles. The van der Waals surface area contributed by atoms with Crippen molar-refractivity contribution in [3.63, 3.8) is 0 Å². The predicted octanol–water partition coefficient (Wildman–Crippen LogP) is -1.73. The van der Waals surface area contributed by atoms with Crippen molar-refractivity contribution in [2.24, 2.45) is 0 Å². The zero-order valence-electron chi connectivity index (χ0n) is 10.5. The minimum atomic E-state index is -0.289. The molecule has 0 aliphatic heterocycles. The molecule has 0 aliphatic carbocycles. The van der Waals surface area contributed by atoms with E-state index in [0.717, 1.165) is 12.0 Å². The molecule has 0 N–H and O–H groups in total. The monoisotopic (exact) mass is 246 g/mol. The number of esters is 1. The summed E-state index contributed by atoms with van der Waals surface area (Å²) >= 11 is 0. The van der Waals surface area contributed by atoms with E-state index in [9.17, 15) is 9.90 Å². The molecule has 0 saturated heterocycles. The first-order valence-electron chi connectivity index (χ1n) is 5.17. The van der Waals surface area contributed by atoms with Crippen molar-refractivity contribution in [1.29, 1.82) is 0 Å². The summed E-state index contributed by atoms with van der Waals surface area (Å²) in [4.78, 5) is 11.3. The Balaban J connectivity index is 0.00000256. The molecule has 4 nitrogen and oxygen atoms in total. The van der Waals surface area contributed by atoms with Crippen molar-refractivity contribution in [3.05, 3.63) is 23.8 Å². The molecule has 0 saturated carbocycles. The maximum Gasteiger partial charge on any atom is 1.00 e. The van der Waals surface area contributed by atoms with Gasteiger partial charge in [0.1, 0.15) is 5.75 Å². The van der Waals surface area contributed by atoms with Gasteiger partial charge in [-0.25, -0.2) is 0 Å². The van der Waals surface area contributed by atoms with Gasteiger partial charge in [-0.2, -0.15) is 0 Å². The van der Waals surface area contributed by atoms with Crippen LogP contribution in [0.5, 0.6) is 11.5 Å². The number of hydrogen-bond acceptors (Lipinski definition) is 4. The van der Waals surface area contributed by atoms with Gasteiger partial charge in [0, 0.05) is 0 Å². The van der Waals surface area contributed by atoms with Gasteiger partial charge in [-0.3, -0.25) is 4.79 Å². The summed E-state index contributed by atoms with van der Waals surface area (Å²) in [5, 5.41) is 11.2. The molecule has 0 amide bonds. The molecule has 17 heavy (non-hydrogen) atoms. The van der Waals surface area contributed by atoms with E-state index in [1.54, 1.807) is 12.1 Å². The van der Waals surface area contributed by atoms with Crippen LogP contribution in [0.2, 0.25) is 0 Å². The average Bonchev–Trinajstić information content (AvgIpc) is 2.29. The smallest absolute Gasteiger partial charge is 0.870 e. The third-order valence-corrected chi connectivity index (χ3v) is 2.04. The van der Waals surface area contributed by atoms with Crippen LogP contribution in [0.3, 0.4) is 0 Å². The summed E-state index contributed by atoms with van der Waals surface area (Å²) in [6, 6.07) is 4.56. The second-order valence-electron chi connectivity index (χ2n) is 3.38. The molecule has 0 atom stereocenters. The third kappa shape index (κ3) is 5.44. The summed E-state index contributed by atoms with van der Waals surface area (Å²) in [5.41, 5.74) is 0.720. The fourth-order valence-electron chi connectivity index (χ4n) is 1.26. The maximum absolute atomic E-state index is 11.3. The van der Waals surface area contributed by atoms with Gasteiger partial charge in [-0.05, 0) is 18.1 Å². The Bertz CT molecular complexity index is 366. The van der Waals surface area contributed by atoms with Gasteiger partial charge in [0.05, 0.1) is 20.1 Å². The van der Waals surface area contributed by atoms with Crippen LogP contribution in [0.25, 0.3) is 0 Å². The first kappa shape index (κ1) is 16.3. The zero-order chi connectivity index (χ0) is 12.0. The van der Waals surface area contributed by atoms with E-state index >= 15 is 0 Å². The Hall–Kier alpha value is -0.710. The Morgan fingerprint density at radius 1 is 1.41 bits per heavy atom. The molecule has 0 unspecified atom stereocenters. The minimum Gasteiger partial charge on any atom is -0.870 e. The number of carbonyl (C=O) groups is 1. The third-order valence-electron chi connectivity index (χ3n) is 2.04. The fourth-order valence-corrected chi connectivity index (χ4v) is 1.26. The average molecular weight is 246 g/mol. The van der Waals surface area contributed by atoms with Crippen LogP contribution in [0.4, 0.5) is 0 Å². The van der Waals surface area contributed by atoms with Crippen LogP contribution in [0.1, 0.15) is 18.9 Å². The van der Waals surface area contributed by atoms with E-state index in [1.807, 2.05) is 6.92 Å². The topological polar surface area (TPSA) is 58.6 Å². The number of benzene rings is 1. The van der Waals surface area contributed by atoms with Crippen molar-refractivity contribution in [2.75, 3.05) is 13.7 Å². The Morgan fingerprint density at radius 2 is 2.12 bits per heavy atom. The zero-order valence-corrected chi connectivity index (χ0v) is 12.5. The van der Waals surface area contributed by atoms with E-state index in [0.29, 0.717) is 6.61 Å². The normalized spacial score (nSPS) is 9.29. The fraction of sp³-hybridized carbons (Fsp3) is 0.417. The van der Waals surface area contributed by atoms with Gasteiger partial charge in [-0.15, -0.1) is 0 Å². The first-order chi connectivity index (χ1) is 7.67. The quantitative estimate of drug-likeness (QED) is 0.457. The van der Waals surface area contributed by atoms with Crippen LogP contribution in [-0.4, -0.2) is 19.7 Å². The van der Waals surface area contributed by atoms with E-state index < -0.39 is 0 Å². The van der Waals surface area contributed by atoms with Crippen molar-refractivity contribution in [2.45, 2.75) is 19.8 Å². The molecule has 5 heteroatoms. The second-order valence-corrected chi connectivity index (χ2v) is 3.38. The summed E-state index contributed by atoms with van der Waals surface area (Å²) in [6.45, 7) is 2.36. The van der Waals surface area contributed by atoms with Crippen molar-refractivity contribution >= 4 is 5.97 Å². The molecule has 0 aliphatic rings. The number of hydrogen-bond donors (Lipinski definition) is 0. The van der Waals surface area contributed by atoms with Gasteiger partial charge in [0.15, 0.2) is 0 Å². The molecule has 0 fully saturated rings. The molecule has 0 bridgehead atoms. The largest absolute Gasteiger partial charge is 1.00 e. The van der Waals surface area contributed by atoms with Crippen LogP contribution in [-0.2, 0) is 16.0 Å². The SMILES string of the molecule is CCCOC(=O)Cc1ccc([O-])c(OC)c1.[Na+]. The Kier molecular flexibility index (Phi) is 8.04. The van der Waals surface area contributed by atoms with Crippen LogP contribution in [0, 0.1) is 0 Å². The van der Waals surface area contributed by atoms with E-state index in [1.165, 1.54) is 13.2 Å². The Labute approximate surface area is 123 Å². The van der Waals surface area contributed by atoms with Crippen molar-refractivity contribution < 1.29 is 48.9 Å². The van der Waals surface area contributed by atoms with Gasteiger partial charge >= 0.3 is 35.5 Å². The van der Waals surface area contributed by atoms with Crippen LogP contribution in [0.15, 0.2) is 18.2 Å². The summed E-state index contributed by atoms with van der Waals surface area (Å²) in [7, 11) is 1.43. The van der Waals surface area contributed by atoms with Crippen LogP contribution >= 0.6 is 0 Å². The van der Waals surface area contributed by atoms with Gasteiger partial charge in [0.2, 0.25) is 0 Å². The summed E-state index contributed by atoms with van der Waals surface area (Å²) < 4.78 is 9.82. The van der Waals surface area contributed by atoms with E-state index in [-0.39, 0.29) is 53.4 Å². The van der Waals surface area contributed by atoms with Gasteiger partial charge in [0.25, 0.3) is 0 Å². The Morgan fingerprint density at radius 3 is 2.71 bits per heavy atom. The first-order valence-corrected chi connectivity index (χ1v) is 5.17. The van der Waals surface area contributed by atoms with E-state index in [2.05, 4.69) is 0 Å². The molecule has 88 valence electrons. The molecule has 1 rings (SSSR count). The number of carbonyl (C=O) groups excluding carboxylic acids is 1. The van der Waals surface area contributed by atoms with Gasteiger partial charge < -0.3 is 14.6 Å². The van der Waals surface area contributed by atoms with Crippen molar-refractivity contribution in [3.8, 4) is 11.5 Å². The number of methoxy groups -OCH3 is 1. The van der Waals surface area contributed by atoms with Crippen molar-refractivity contribution in [1.82, 2.24) is 0 Å². The van der Waals surface area contributed by atoms with E-state index in [4.69, 9.17) is 9.47 Å². The standard InChI is InChI=1S/C12H16O4.Na/c1-3-6-16-12(14)8-9-4-5-10(13)11(7-9)15-2;/h4-5,7,13H,3,6,8H2,1-2H3;/q;+1/p-1.